The first-order valence-corrected chi connectivity index (χ1v) is 5.95. The number of thiophene rings is 1. The molecule has 0 aromatic carbocycles. The summed E-state index contributed by atoms with van der Waals surface area (Å²) in [6.45, 7) is 6.75. The molecule has 0 radical (unpaired) electrons. The molecule has 0 amide bonds. The standard InChI is InChI=1S/C11H19NOS/c1-4-10-5-6-11(14-10)9(3)12-7-8(2)13/h5-6,8-9,12-13H,4,7H2,1-3H3. The summed E-state index contributed by atoms with van der Waals surface area (Å²) >= 11 is 1.85. The van der Waals surface area contributed by atoms with E-state index in [-0.39, 0.29) is 6.10 Å². The Morgan fingerprint density at radius 3 is 2.64 bits per heavy atom. The van der Waals surface area contributed by atoms with E-state index in [1.54, 1.807) is 6.92 Å². The minimum atomic E-state index is -0.275. The molecular formula is C11H19NOS. The maximum absolute atomic E-state index is 9.14. The zero-order chi connectivity index (χ0) is 10.6. The average molecular weight is 213 g/mol. The van der Waals surface area contributed by atoms with Crippen LogP contribution in [-0.4, -0.2) is 17.8 Å². The van der Waals surface area contributed by atoms with Gasteiger partial charge in [-0.25, -0.2) is 0 Å². The molecule has 0 bridgehead atoms. The van der Waals surface area contributed by atoms with Crippen LogP contribution in [0.2, 0.25) is 0 Å². The molecule has 1 heterocycles. The van der Waals surface area contributed by atoms with Crippen LogP contribution in [-0.2, 0) is 6.42 Å². The Hall–Kier alpha value is -0.380. The monoisotopic (exact) mass is 213 g/mol. The van der Waals surface area contributed by atoms with Gasteiger partial charge in [0.25, 0.3) is 0 Å². The second-order valence-electron chi connectivity index (χ2n) is 3.64. The van der Waals surface area contributed by atoms with E-state index in [0.29, 0.717) is 12.6 Å². The van der Waals surface area contributed by atoms with Crippen LogP contribution in [0, 0.1) is 0 Å². The fourth-order valence-electron chi connectivity index (χ4n) is 1.27. The van der Waals surface area contributed by atoms with E-state index in [9.17, 15) is 0 Å². The van der Waals surface area contributed by atoms with Crippen molar-refractivity contribution < 1.29 is 5.11 Å². The predicted octanol–water partition coefficient (Wildman–Crippen LogP) is 2.34. The summed E-state index contributed by atoms with van der Waals surface area (Å²) in [6, 6.07) is 4.69. The van der Waals surface area contributed by atoms with E-state index in [4.69, 9.17) is 5.11 Å². The molecule has 1 aromatic heterocycles. The van der Waals surface area contributed by atoms with Crippen molar-refractivity contribution in [1.29, 1.82) is 0 Å². The topological polar surface area (TPSA) is 32.3 Å². The second-order valence-corrected chi connectivity index (χ2v) is 4.84. The summed E-state index contributed by atoms with van der Waals surface area (Å²) in [7, 11) is 0. The molecule has 0 aliphatic carbocycles. The van der Waals surface area contributed by atoms with Crippen molar-refractivity contribution in [2.75, 3.05) is 6.54 Å². The number of aliphatic hydroxyl groups excluding tert-OH is 1. The van der Waals surface area contributed by atoms with Gasteiger partial charge in [-0.3, -0.25) is 0 Å². The molecule has 2 atom stereocenters. The van der Waals surface area contributed by atoms with Crippen LogP contribution in [0.3, 0.4) is 0 Å². The highest BCUT2D eigenvalue weighted by atomic mass is 32.1. The predicted molar refractivity (Wildman–Crippen MR) is 61.8 cm³/mol. The quantitative estimate of drug-likeness (QED) is 0.787. The van der Waals surface area contributed by atoms with Gasteiger partial charge in [-0.15, -0.1) is 11.3 Å². The SMILES string of the molecule is CCc1ccc(C(C)NCC(C)O)s1. The van der Waals surface area contributed by atoms with Crippen LogP contribution in [0.25, 0.3) is 0 Å². The smallest absolute Gasteiger partial charge is 0.0636 e. The molecule has 2 nitrogen and oxygen atoms in total. The molecule has 2 unspecified atom stereocenters. The largest absolute Gasteiger partial charge is 0.392 e. The number of rotatable bonds is 5. The van der Waals surface area contributed by atoms with Gasteiger partial charge in [0.05, 0.1) is 6.10 Å². The van der Waals surface area contributed by atoms with Crippen molar-refractivity contribution in [3.8, 4) is 0 Å². The fraction of sp³-hybridized carbons (Fsp3) is 0.636. The fourth-order valence-corrected chi connectivity index (χ4v) is 2.24. The van der Waals surface area contributed by atoms with Crippen molar-refractivity contribution in [2.45, 2.75) is 39.3 Å². The van der Waals surface area contributed by atoms with Crippen molar-refractivity contribution in [3.63, 3.8) is 0 Å². The lowest BCUT2D eigenvalue weighted by Gasteiger charge is -2.13. The zero-order valence-electron chi connectivity index (χ0n) is 9.08. The first-order chi connectivity index (χ1) is 6.63. The van der Waals surface area contributed by atoms with Gasteiger partial charge in [0.2, 0.25) is 0 Å². The minimum Gasteiger partial charge on any atom is -0.392 e. The maximum atomic E-state index is 9.14. The van der Waals surface area contributed by atoms with Gasteiger partial charge in [0.15, 0.2) is 0 Å². The third-order valence-electron chi connectivity index (χ3n) is 2.18. The highest BCUT2D eigenvalue weighted by Crippen LogP contribution is 2.23. The lowest BCUT2D eigenvalue weighted by Crippen LogP contribution is -2.26. The summed E-state index contributed by atoms with van der Waals surface area (Å²) in [5.41, 5.74) is 0. The molecule has 14 heavy (non-hydrogen) atoms. The van der Waals surface area contributed by atoms with Crippen molar-refractivity contribution in [3.05, 3.63) is 21.9 Å². The Balaban J connectivity index is 2.47. The summed E-state index contributed by atoms with van der Waals surface area (Å²) in [4.78, 5) is 2.77. The van der Waals surface area contributed by atoms with Crippen LogP contribution >= 0.6 is 11.3 Å². The molecular weight excluding hydrogens is 194 g/mol. The summed E-state index contributed by atoms with van der Waals surface area (Å²) < 4.78 is 0. The van der Waals surface area contributed by atoms with E-state index < -0.39 is 0 Å². The molecule has 0 aliphatic rings. The van der Waals surface area contributed by atoms with Crippen molar-refractivity contribution in [2.24, 2.45) is 0 Å². The minimum absolute atomic E-state index is 0.275. The van der Waals surface area contributed by atoms with E-state index in [1.165, 1.54) is 9.75 Å². The Labute approximate surface area is 90.0 Å². The van der Waals surface area contributed by atoms with Gasteiger partial charge in [-0.2, -0.15) is 0 Å². The van der Waals surface area contributed by atoms with Gasteiger partial charge in [0.1, 0.15) is 0 Å². The molecule has 2 N–H and O–H groups in total. The highest BCUT2D eigenvalue weighted by molar-refractivity contribution is 7.12. The first-order valence-electron chi connectivity index (χ1n) is 5.13. The van der Waals surface area contributed by atoms with Crippen LogP contribution in [0.1, 0.15) is 36.6 Å². The highest BCUT2D eigenvalue weighted by Gasteiger charge is 2.08. The summed E-state index contributed by atoms with van der Waals surface area (Å²) in [6.07, 6.45) is 0.830. The van der Waals surface area contributed by atoms with Crippen molar-refractivity contribution >= 4 is 11.3 Å². The van der Waals surface area contributed by atoms with Crippen LogP contribution in [0.4, 0.5) is 0 Å². The van der Waals surface area contributed by atoms with Crippen LogP contribution in [0.15, 0.2) is 12.1 Å². The van der Waals surface area contributed by atoms with Crippen LogP contribution in [0.5, 0.6) is 0 Å². The number of hydrogen-bond acceptors (Lipinski definition) is 3. The number of aliphatic hydroxyl groups is 1. The number of nitrogens with one attached hydrogen (secondary N) is 1. The van der Waals surface area contributed by atoms with E-state index in [1.807, 2.05) is 11.3 Å². The molecule has 1 rings (SSSR count). The van der Waals surface area contributed by atoms with Gasteiger partial charge in [-0.1, -0.05) is 6.92 Å². The van der Waals surface area contributed by atoms with Crippen molar-refractivity contribution in [1.82, 2.24) is 5.32 Å². The van der Waals surface area contributed by atoms with Gasteiger partial charge in [0, 0.05) is 22.3 Å². The molecule has 0 saturated carbocycles. The van der Waals surface area contributed by atoms with Gasteiger partial charge in [-0.05, 0) is 32.4 Å². The molecule has 3 heteroatoms. The number of hydrogen-bond donors (Lipinski definition) is 2. The van der Waals surface area contributed by atoms with E-state index in [2.05, 4.69) is 31.3 Å². The van der Waals surface area contributed by atoms with E-state index >= 15 is 0 Å². The zero-order valence-corrected chi connectivity index (χ0v) is 9.90. The van der Waals surface area contributed by atoms with Gasteiger partial charge >= 0.3 is 0 Å². The Kier molecular flexibility index (Phi) is 4.58. The Bertz CT molecular complexity index is 270. The third-order valence-corrected chi connectivity index (χ3v) is 3.59. The average Bonchev–Trinajstić information content (AvgIpc) is 2.62. The molecule has 0 spiro atoms. The van der Waals surface area contributed by atoms with Gasteiger partial charge < -0.3 is 10.4 Å². The molecule has 80 valence electrons. The maximum Gasteiger partial charge on any atom is 0.0636 e. The first kappa shape index (κ1) is 11.7. The molecule has 0 aliphatic heterocycles. The summed E-state index contributed by atoms with van der Waals surface area (Å²) in [5.74, 6) is 0. The Morgan fingerprint density at radius 2 is 2.14 bits per heavy atom. The second kappa shape index (κ2) is 5.49. The lowest BCUT2D eigenvalue weighted by molar-refractivity contribution is 0.187. The molecule has 1 aromatic rings. The lowest BCUT2D eigenvalue weighted by atomic mass is 10.2. The number of aryl methyl sites for hydroxylation is 1. The van der Waals surface area contributed by atoms with Crippen LogP contribution < -0.4 is 5.32 Å². The third kappa shape index (κ3) is 3.40. The normalized spacial score (nSPS) is 15.4. The summed E-state index contributed by atoms with van der Waals surface area (Å²) in [5, 5.41) is 12.4. The molecule has 0 fully saturated rings. The molecule has 0 saturated heterocycles. The van der Waals surface area contributed by atoms with E-state index in [0.717, 1.165) is 6.42 Å². The Morgan fingerprint density at radius 1 is 1.43 bits per heavy atom.